The molecule has 1 aliphatic rings. The molecule has 1 aliphatic heterocycles. The van der Waals surface area contributed by atoms with E-state index in [-0.39, 0.29) is 12.4 Å². The Balaban J connectivity index is 1.95. The van der Waals surface area contributed by atoms with Gasteiger partial charge in [0, 0.05) is 25.7 Å². The van der Waals surface area contributed by atoms with Crippen molar-refractivity contribution in [2.45, 2.75) is 31.9 Å². The van der Waals surface area contributed by atoms with Crippen molar-refractivity contribution in [1.82, 2.24) is 9.97 Å². The third-order valence-corrected chi connectivity index (χ3v) is 3.60. The largest absolute Gasteiger partial charge is 0.481 e. The zero-order chi connectivity index (χ0) is 15.5. The molecule has 0 spiro atoms. The van der Waals surface area contributed by atoms with Gasteiger partial charge < -0.3 is 10.0 Å². The highest BCUT2D eigenvalue weighted by molar-refractivity contribution is 5.66. The molecule has 1 aromatic heterocycles. The lowest BCUT2D eigenvalue weighted by atomic mass is 9.92. The summed E-state index contributed by atoms with van der Waals surface area (Å²) in [7, 11) is 0. The van der Waals surface area contributed by atoms with Gasteiger partial charge in [0.1, 0.15) is 5.69 Å². The molecule has 1 fully saturated rings. The summed E-state index contributed by atoms with van der Waals surface area (Å²) in [5.41, 5.74) is -0.944. The maximum absolute atomic E-state index is 12.6. The van der Waals surface area contributed by atoms with Crippen LogP contribution in [0.1, 0.15) is 31.4 Å². The Morgan fingerprint density at radius 3 is 2.62 bits per heavy atom. The fourth-order valence-electron chi connectivity index (χ4n) is 2.41. The number of hydrogen-bond donors (Lipinski definition) is 1. The second kappa shape index (κ2) is 6.28. The Morgan fingerprint density at radius 1 is 1.38 bits per heavy atom. The minimum Gasteiger partial charge on any atom is -0.481 e. The molecular weight excluding hydrogens is 287 g/mol. The normalized spacial score (nSPS) is 17.0. The molecule has 1 aromatic rings. The van der Waals surface area contributed by atoms with Gasteiger partial charge >= 0.3 is 12.1 Å². The van der Waals surface area contributed by atoms with Gasteiger partial charge in [-0.05, 0) is 31.2 Å². The van der Waals surface area contributed by atoms with Crippen LogP contribution < -0.4 is 4.90 Å². The number of alkyl halides is 3. The van der Waals surface area contributed by atoms with Crippen LogP contribution in [-0.4, -0.2) is 34.1 Å². The number of carboxylic acids is 1. The number of anilines is 1. The first kappa shape index (κ1) is 15.5. The quantitative estimate of drug-likeness (QED) is 0.926. The highest BCUT2D eigenvalue weighted by Crippen LogP contribution is 2.29. The van der Waals surface area contributed by atoms with E-state index in [1.165, 1.54) is 0 Å². The van der Waals surface area contributed by atoms with E-state index >= 15 is 0 Å². The van der Waals surface area contributed by atoms with Crippen LogP contribution in [0.4, 0.5) is 19.1 Å². The van der Waals surface area contributed by atoms with E-state index in [0.29, 0.717) is 25.4 Å². The molecule has 21 heavy (non-hydrogen) atoms. The molecule has 2 heterocycles. The third-order valence-electron chi connectivity index (χ3n) is 3.60. The lowest BCUT2D eigenvalue weighted by Crippen LogP contribution is -2.35. The molecule has 0 radical (unpaired) electrons. The van der Waals surface area contributed by atoms with Crippen molar-refractivity contribution >= 4 is 11.9 Å². The molecule has 8 heteroatoms. The van der Waals surface area contributed by atoms with Gasteiger partial charge in [0.15, 0.2) is 0 Å². The number of aromatic nitrogens is 2. The van der Waals surface area contributed by atoms with E-state index in [4.69, 9.17) is 5.11 Å². The molecule has 1 saturated heterocycles. The number of hydrogen-bond acceptors (Lipinski definition) is 4. The molecule has 116 valence electrons. The lowest BCUT2D eigenvalue weighted by Gasteiger charge is -2.32. The number of aliphatic carboxylic acids is 1. The van der Waals surface area contributed by atoms with Crippen molar-refractivity contribution in [3.8, 4) is 0 Å². The van der Waals surface area contributed by atoms with Crippen molar-refractivity contribution < 1.29 is 23.1 Å². The molecule has 0 atom stereocenters. The van der Waals surface area contributed by atoms with Crippen LogP contribution >= 0.6 is 0 Å². The predicted molar refractivity (Wildman–Crippen MR) is 68.8 cm³/mol. The average Bonchev–Trinajstić information content (AvgIpc) is 2.45. The van der Waals surface area contributed by atoms with Gasteiger partial charge in [-0.25, -0.2) is 9.97 Å². The standard InChI is InChI=1S/C13H16F3N3O2/c14-13(15,16)10-3-6-17-12(18-10)19-7-4-9(5-8-19)1-2-11(20)21/h3,6,9H,1-2,4-5,7-8H2,(H,20,21). The molecule has 0 aromatic carbocycles. The molecule has 0 aliphatic carbocycles. The van der Waals surface area contributed by atoms with Crippen LogP contribution in [0.15, 0.2) is 12.3 Å². The van der Waals surface area contributed by atoms with Gasteiger partial charge in [0.2, 0.25) is 5.95 Å². The van der Waals surface area contributed by atoms with Crippen LogP contribution in [0.2, 0.25) is 0 Å². The molecule has 5 nitrogen and oxygen atoms in total. The summed E-state index contributed by atoms with van der Waals surface area (Å²) in [4.78, 5) is 19.7. The van der Waals surface area contributed by atoms with Crippen LogP contribution in [0, 0.1) is 5.92 Å². The van der Waals surface area contributed by atoms with Gasteiger partial charge in [0.25, 0.3) is 0 Å². The smallest absolute Gasteiger partial charge is 0.433 e. The van der Waals surface area contributed by atoms with Crippen LogP contribution in [0.3, 0.4) is 0 Å². The molecule has 2 rings (SSSR count). The summed E-state index contributed by atoms with van der Waals surface area (Å²) >= 11 is 0. The van der Waals surface area contributed by atoms with Gasteiger partial charge in [-0.15, -0.1) is 0 Å². The van der Waals surface area contributed by atoms with E-state index < -0.39 is 17.8 Å². The highest BCUT2D eigenvalue weighted by Gasteiger charge is 2.33. The zero-order valence-electron chi connectivity index (χ0n) is 11.3. The number of rotatable bonds is 4. The Hall–Kier alpha value is -1.86. The topological polar surface area (TPSA) is 66.3 Å². The van der Waals surface area contributed by atoms with Gasteiger partial charge in [0.05, 0.1) is 0 Å². The molecular formula is C13H16F3N3O2. The molecule has 0 amide bonds. The Bertz CT molecular complexity index is 500. The third kappa shape index (κ3) is 4.30. The minimum atomic E-state index is -4.47. The predicted octanol–water partition coefficient (Wildman–Crippen LogP) is 2.58. The first-order chi connectivity index (χ1) is 9.86. The van der Waals surface area contributed by atoms with E-state index in [2.05, 4.69) is 9.97 Å². The molecule has 0 bridgehead atoms. The summed E-state index contributed by atoms with van der Waals surface area (Å²) in [6.45, 7) is 1.09. The summed E-state index contributed by atoms with van der Waals surface area (Å²) in [6.07, 6.45) is -1.14. The van der Waals surface area contributed by atoms with E-state index in [1.54, 1.807) is 4.90 Å². The number of halogens is 3. The van der Waals surface area contributed by atoms with Crippen molar-refractivity contribution in [2.75, 3.05) is 18.0 Å². The number of piperidine rings is 1. The van der Waals surface area contributed by atoms with Crippen molar-refractivity contribution in [1.29, 1.82) is 0 Å². The summed E-state index contributed by atoms with van der Waals surface area (Å²) in [6, 6.07) is 0.850. The Kier molecular flexibility index (Phi) is 4.64. The average molecular weight is 303 g/mol. The molecule has 0 saturated carbocycles. The van der Waals surface area contributed by atoms with Gasteiger partial charge in [-0.2, -0.15) is 13.2 Å². The fourth-order valence-corrected chi connectivity index (χ4v) is 2.41. The first-order valence-electron chi connectivity index (χ1n) is 6.73. The second-order valence-electron chi connectivity index (χ2n) is 5.10. The SMILES string of the molecule is O=C(O)CCC1CCN(c2nccc(C(F)(F)F)n2)CC1. The maximum atomic E-state index is 12.6. The minimum absolute atomic E-state index is 0.0847. The van der Waals surface area contributed by atoms with E-state index in [9.17, 15) is 18.0 Å². The Labute approximate surface area is 119 Å². The Morgan fingerprint density at radius 2 is 2.05 bits per heavy atom. The van der Waals surface area contributed by atoms with Gasteiger partial charge in [-0.1, -0.05) is 0 Å². The fraction of sp³-hybridized carbons (Fsp3) is 0.615. The summed E-state index contributed by atoms with van der Waals surface area (Å²) < 4.78 is 37.8. The van der Waals surface area contributed by atoms with E-state index in [1.807, 2.05) is 0 Å². The number of carboxylic acid groups (broad SMARTS) is 1. The van der Waals surface area contributed by atoms with Crippen molar-refractivity contribution in [3.63, 3.8) is 0 Å². The van der Waals surface area contributed by atoms with E-state index in [0.717, 1.165) is 25.1 Å². The zero-order valence-corrected chi connectivity index (χ0v) is 11.3. The maximum Gasteiger partial charge on any atom is 0.433 e. The second-order valence-corrected chi connectivity index (χ2v) is 5.10. The van der Waals surface area contributed by atoms with Gasteiger partial charge in [-0.3, -0.25) is 4.79 Å². The number of carbonyl (C=O) groups is 1. The van der Waals surface area contributed by atoms with Crippen molar-refractivity contribution in [3.05, 3.63) is 18.0 Å². The number of nitrogens with zero attached hydrogens (tertiary/aromatic N) is 3. The highest BCUT2D eigenvalue weighted by atomic mass is 19.4. The molecule has 1 N–H and O–H groups in total. The van der Waals surface area contributed by atoms with Crippen LogP contribution in [-0.2, 0) is 11.0 Å². The molecule has 0 unspecified atom stereocenters. The first-order valence-corrected chi connectivity index (χ1v) is 6.73. The monoisotopic (exact) mass is 303 g/mol. The van der Waals surface area contributed by atoms with Crippen molar-refractivity contribution in [2.24, 2.45) is 5.92 Å². The summed E-state index contributed by atoms with van der Waals surface area (Å²) in [5.74, 6) is -0.441. The summed E-state index contributed by atoms with van der Waals surface area (Å²) in [5, 5.41) is 8.64. The lowest BCUT2D eigenvalue weighted by molar-refractivity contribution is -0.141. The van der Waals surface area contributed by atoms with Crippen LogP contribution in [0.25, 0.3) is 0 Å². The van der Waals surface area contributed by atoms with Crippen LogP contribution in [0.5, 0.6) is 0 Å².